The molecular formula is C11H18N4O5S. The lowest BCUT2D eigenvalue weighted by Gasteiger charge is -2.20. The van der Waals surface area contributed by atoms with Crippen LogP contribution in [0.4, 0.5) is 11.4 Å². The second-order valence-corrected chi connectivity index (χ2v) is 6.12. The first-order valence-electron chi connectivity index (χ1n) is 6.24. The van der Waals surface area contributed by atoms with E-state index < -0.39 is 25.5 Å². The number of rotatable bonds is 8. The predicted molar refractivity (Wildman–Crippen MR) is 77.0 cm³/mol. The number of benzene rings is 1. The molecule has 0 aromatic heterocycles. The van der Waals surface area contributed by atoms with Gasteiger partial charge in [-0.05, 0) is 18.6 Å². The highest BCUT2D eigenvalue weighted by Gasteiger charge is 2.31. The van der Waals surface area contributed by atoms with Gasteiger partial charge in [0.05, 0.1) is 17.2 Å². The van der Waals surface area contributed by atoms with E-state index in [1.165, 1.54) is 6.07 Å². The fourth-order valence-electron chi connectivity index (χ4n) is 1.81. The van der Waals surface area contributed by atoms with Gasteiger partial charge in [-0.15, -0.1) is 0 Å². The standard InChI is InChI=1S/C11H18N4O5S/c1-2-5-14(6-7-16)21(19,20)11-8-9(13-12)3-4-10(11)15(17)18/h3-4,8,13,16H,2,5-7,12H2,1H3. The smallest absolute Gasteiger partial charge is 0.289 e. The number of nitro benzene ring substituents is 1. The van der Waals surface area contributed by atoms with E-state index in [2.05, 4.69) is 5.43 Å². The minimum Gasteiger partial charge on any atom is -0.395 e. The number of nitro groups is 1. The summed E-state index contributed by atoms with van der Waals surface area (Å²) in [5, 5.41) is 20.0. The quantitative estimate of drug-likeness (QED) is 0.355. The van der Waals surface area contributed by atoms with Crippen molar-refractivity contribution in [1.82, 2.24) is 4.31 Å². The average molecular weight is 318 g/mol. The molecule has 0 saturated carbocycles. The van der Waals surface area contributed by atoms with Gasteiger partial charge in [0.25, 0.3) is 5.69 Å². The number of hydrogen-bond donors (Lipinski definition) is 3. The number of nitrogens with one attached hydrogen (secondary N) is 1. The summed E-state index contributed by atoms with van der Waals surface area (Å²) in [7, 11) is -4.10. The first-order valence-corrected chi connectivity index (χ1v) is 7.68. The highest BCUT2D eigenvalue weighted by atomic mass is 32.2. The van der Waals surface area contributed by atoms with Crippen molar-refractivity contribution in [3.8, 4) is 0 Å². The molecule has 0 heterocycles. The molecule has 0 aliphatic rings. The van der Waals surface area contributed by atoms with E-state index in [1.807, 2.05) is 0 Å². The van der Waals surface area contributed by atoms with E-state index in [-0.39, 0.29) is 25.4 Å². The van der Waals surface area contributed by atoms with Gasteiger partial charge in [-0.2, -0.15) is 4.31 Å². The zero-order chi connectivity index (χ0) is 16.0. The summed E-state index contributed by atoms with van der Waals surface area (Å²) < 4.78 is 26.1. The molecule has 0 amide bonds. The zero-order valence-corrected chi connectivity index (χ0v) is 12.3. The summed E-state index contributed by atoms with van der Waals surface area (Å²) in [6, 6.07) is 3.49. The van der Waals surface area contributed by atoms with E-state index in [0.717, 1.165) is 16.4 Å². The first-order chi connectivity index (χ1) is 9.88. The second kappa shape index (κ2) is 7.31. The highest BCUT2D eigenvalue weighted by Crippen LogP contribution is 2.29. The van der Waals surface area contributed by atoms with Gasteiger partial charge >= 0.3 is 0 Å². The first kappa shape index (κ1) is 17.3. The molecular weight excluding hydrogens is 300 g/mol. The summed E-state index contributed by atoms with van der Waals surface area (Å²) >= 11 is 0. The van der Waals surface area contributed by atoms with Crippen LogP contribution in [0.5, 0.6) is 0 Å². The molecule has 0 unspecified atom stereocenters. The molecule has 0 fully saturated rings. The minimum atomic E-state index is -4.10. The van der Waals surface area contributed by atoms with Crippen LogP contribution in [0.15, 0.2) is 23.1 Å². The number of nitrogen functional groups attached to an aromatic ring is 1. The Bertz CT molecular complexity index is 599. The van der Waals surface area contributed by atoms with E-state index >= 15 is 0 Å². The lowest BCUT2D eigenvalue weighted by Crippen LogP contribution is -2.34. The number of hydrogen-bond acceptors (Lipinski definition) is 7. The third-order valence-electron chi connectivity index (χ3n) is 2.76. The van der Waals surface area contributed by atoms with Crippen LogP contribution in [0, 0.1) is 10.1 Å². The Balaban J connectivity index is 3.42. The van der Waals surface area contributed by atoms with Crippen LogP contribution >= 0.6 is 0 Å². The normalized spacial score (nSPS) is 11.6. The number of aliphatic hydroxyl groups is 1. The van der Waals surface area contributed by atoms with Gasteiger partial charge in [0.1, 0.15) is 0 Å². The van der Waals surface area contributed by atoms with Crippen LogP contribution in [0.25, 0.3) is 0 Å². The Labute approximate surface area is 122 Å². The SMILES string of the molecule is CCCN(CCO)S(=O)(=O)c1cc(NN)ccc1[N+](=O)[O-]. The molecule has 1 aromatic carbocycles. The number of aliphatic hydroxyl groups excluding tert-OH is 1. The number of hydrazine groups is 1. The maximum Gasteiger partial charge on any atom is 0.289 e. The van der Waals surface area contributed by atoms with Gasteiger partial charge < -0.3 is 10.5 Å². The van der Waals surface area contributed by atoms with Crippen LogP contribution < -0.4 is 11.3 Å². The Kier molecular flexibility index (Phi) is 6.03. The minimum absolute atomic E-state index is 0.131. The molecule has 1 aromatic rings. The molecule has 0 atom stereocenters. The van der Waals surface area contributed by atoms with E-state index in [9.17, 15) is 18.5 Å². The van der Waals surface area contributed by atoms with Gasteiger partial charge in [-0.25, -0.2) is 8.42 Å². The maximum absolute atomic E-state index is 12.5. The summed E-state index contributed by atoms with van der Waals surface area (Å²) in [4.78, 5) is 9.81. The lowest BCUT2D eigenvalue weighted by atomic mass is 10.3. The maximum atomic E-state index is 12.5. The third-order valence-corrected chi connectivity index (χ3v) is 4.69. The number of anilines is 1. The Morgan fingerprint density at radius 1 is 1.43 bits per heavy atom. The topological polar surface area (TPSA) is 139 Å². The van der Waals surface area contributed by atoms with Gasteiger partial charge in [0.15, 0.2) is 4.90 Å². The summed E-state index contributed by atoms with van der Waals surface area (Å²) in [6.07, 6.45) is 0.516. The molecule has 118 valence electrons. The van der Waals surface area contributed by atoms with Crippen molar-refractivity contribution >= 4 is 21.4 Å². The van der Waals surface area contributed by atoms with E-state index in [0.29, 0.717) is 6.42 Å². The van der Waals surface area contributed by atoms with Crippen LogP contribution in [-0.4, -0.2) is 42.4 Å². The van der Waals surface area contributed by atoms with Crippen molar-refractivity contribution in [1.29, 1.82) is 0 Å². The van der Waals surface area contributed by atoms with Crippen molar-refractivity contribution in [3.63, 3.8) is 0 Å². The van der Waals surface area contributed by atoms with Crippen LogP contribution in [-0.2, 0) is 10.0 Å². The van der Waals surface area contributed by atoms with Crippen LogP contribution in [0.3, 0.4) is 0 Å². The third kappa shape index (κ3) is 3.88. The fraction of sp³-hybridized carbons (Fsp3) is 0.455. The van der Waals surface area contributed by atoms with Gasteiger partial charge in [0.2, 0.25) is 10.0 Å². The molecule has 4 N–H and O–H groups in total. The molecule has 0 saturated heterocycles. The molecule has 21 heavy (non-hydrogen) atoms. The fourth-order valence-corrected chi connectivity index (χ4v) is 3.52. The molecule has 0 aliphatic heterocycles. The van der Waals surface area contributed by atoms with E-state index in [4.69, 9.17) is 10.9 Å². The molecule has 0 bridgehead atoms. The molecule has 9 nitrogen and oxygen atoms in total. The second-order valence-electron chi connectivity index (χ2n) is 4.21. The van der Waals surface area contributed by atoms with Gasteiger partial charge in [0, 0.05) is 19.2 Å². The number of nitrogens with two attached hydrogens (primary N) is 1. The average Bonchev–Trinajstić information content (AvgIpc) is 2.46. The summed E-state index contributed by atoms with van der Waals surface area (Å²) in [5.41, 5.74) is 1.96. The summed E-state index contributed by atoms with van der Waals surface area (Å²) in [5.74, 6) is 5.21. The Hall–Kier alpha value is -1.75. The van der Waals surface area contributed by atoms with Gasteiger partial charge in [-0.1, -0.05) is 6.92 Å². The number of nitrogens with zero attached hydrogens (tertiary/aromatic N) is 2. The predicted octanol–water partition coefficient (Wildman–Crippen LogP) is 0.273. The molecule has 0 radical (unpaired) electrons. The van der Waals surface area contributed by atoms with Crippen molar-refractivity contribution < 1.29 is 18.4 Å². The van der Waals surface area contributed by atoms with Crippen LogP contribution in [0.1, 0.15) is 13.3 Å². The number of sulfonamides is 1. The monoisotopic (exact) mass is 318 g/mol. The van der Waals surface area contributed by atoms with Gasteiger partial charge in [-0.3, -0.25) is 16.0 Å². The molecule has 1 rings (SSSR count). The Morgan fingerprint density at radius 3 is 2.57 bits per heavy atom. The van der Waals surface area contributed by atoms with Crippen molar-refractivity contribution in [2.24, 2.45) is 5.84 Å². The Morgan fingerprint density at radius 2 is 2.10 bits per heavy atom. The zero-order valence-electron chi connectivity index (χ0n) is 11.5. The molecule has 0 spiro atoms. The van der Waals surface area contributed by atoms with Crippen LogP contribution in [0.2, 0.25) is 0 Å². The van der Waals surface area contributed by atoms with Crippen molar-refractivity contribution in [2.45, 2.75) is 18.2 Å². The lowest BCUT2D eigenvalue weighted by molar-refractivity contribution is -0.387. The van der Waals surface area contributed by atoms with E-state index in [1.54, 1.807) is 6.92 Å². The van der Waals surface area contributed by atoms with Crippen molar-refractivity contribution in [2.75, 3.05) is 25.1 Å². The molecule has 10 heteroatoms. The largest absolute Gasteiger partial charge is 0.395 e. The van der Waals surface area contributed by atoms with Crippen molar-refractivity contribution in [3.05, 3.63) is 28.3 Å². The molecule has 0 aliphatic carbocycles. The highest BCUT2D eigenvalue weighted by molar-refractivity contribution is 7.89. The summed E-state index contributed by atoms with van der Waals surface area (Å²) in [6.45, 7) is 1.42.